The Labute approximate surface area is 290 Å². The lowest BCUT2D eigenvalue weighted by Crippen LogP contribution is -2.36. The number of alkyl carbamates (subject to hydrolysis) is 1. The van der Waals surface area contributed by atoms with Gasteiger partial charge < -0.3 is 30.0 Å². The quantitative estimate of drug-likeness (QED) is 0.167. The Morgan fingerprint density at radius 1 is 0.696 bits per heavy atom. The monoisotopic (exact) mass is 768 g/mol. The number of carbonyl (C=O) groups excluding carboxylic acids is 3. The molecule has 0 aromatic heterocycles. The molecule has 0 radical (unpaired) electrons. The van der Waals surface area contributed by atoms with Crippen LogP contribution in [0.4, 0.5) is 14.4 Å². The summed E-state index contributed by atoms with van der Waals surface area (Å²) in [6.45, 7) is 15.6. The van der Waals surface area contributed by atoms with Crippen molar-refractivity contribution in [2.75, 3.05) is 0 Å². The molecule has 0 saturated heterocycles. The number of rotatable bonds is 1. The third-order valence-corrected chi connectivity index (χ3v) is 7.51. The van der Waals surface area contributed by atoms with Crippen molar-refractivity contribution >= 4 is 50.3 Å². The van der Waals surface area contributed by atoms with E-state index in [0.717, 1.165) is 34.6 Å². The zero-order valence-electron chi connectivity index (χ0n) is 28.6. The van der Waals surface area contributed by atoms with Crippen molar-refractivity contribution in [3.8, 4) is 0 Å². The van der Waals surface area contributed by atoms with Gasteiger partial charge in [-0.3, -0.25) is 0 Å². The largest absolute Gasteiger partial charge is 0.519 e. The number of ether oxygens (including phenoxy) is 4. The Balaban J connectivity index is 0.000000247. The zero-order valence-corrected chi connectivity index (χ0v) is 31.7. The van der Waals surface area contributed by atoms with Crippen LogP contribution < -0.4 is 11.1 Å². The molecule has 2 aromatic rings. The second kappa shape index (κ2) is 17.0. The summed E-state index contributed by atoms with van der Waals surface area (Å²) >= 11 is 6.96. The first-order valence-electron chi connectivity index (χ1n) is 15.6. The molecule has 11 heteroatoms. The van der Waals surface area contributed by atoms with E-state index in [2.05, 4.69) is 72.2 Å². The lowest BCUT2D eigenvalue weighted by atomic mass is 9.88. The normalized spacial score (nSPS) is 17.3. The summed E-state index contributed by atoms with van der Waals surface area (Å²) in [4.78, 5) is 33.9. The summed E-state index contributed by atoms with van der Waals surface area (Å²) in [6.07, 6.45) is 4.21. The van der Waals surface area contributed by atoms with Crippen LogP contribution >= 0.6 is 31.9 Å². The van der Waals surface area contributed by atoms with E-state index in [1.807, 2.05) is 26.8 Å². The SMILES string of the molecule is CC(C)(C)OC(=O)NC1CCCc2cc(Br)ccc21.CC(C)(C)OC(=O)OC(=O)OC(C)(C)C.NC1CCCc2cc(Br)ccc21. The van der Waals surface area contributed by atoms with Crippen LogP contribution in [0.2, 0.25) is 0 Å². The minimum Gasteiger partial charge on any atom is -0.444 e. The summed E-state index contributed by atoms with van der Waals surface area (Å²) < 4.78 is 21.4. The van der Waals surface area contributed by atoms with Crippen LogP contribution in [0.25, 0.3) is 0 Å². The predicted octanol–water partition coefficient (Wildman–Crippen LogP) is 10.0. The molecule has 2 aromatic carbocycles. The molecule has 2 atom stereocenters. The highest BCUT2D eigenvalue weighted by Crippen LogP contribution is 2.32. The number of carbonyl (C=O) groups is 3. The van der Waals surface area contributed by atoms with Crippen LogP contribution in [0.1, 0.15) is 122 Å². The Morgan fingerprint density at radius 3 is 1.61 bits per heavy atom. The van der Waals surface area contributed by atoms with Crippen molar-refractivity contribution < 1.29 is 33.3 Å². The Morgan fingerprint density at radius 2 is 1.13 bits per heavy atom. The Kier molecular flexibility index (Phi) is 14.6. The van der Waals surface area contributed by atoms with E-state index in [-0.39, 0.29) is 18.2 Å². The number of amides is 1. The lowest BCUT2D eigenvalue weighted by molar-refractivity contribution is -0.0294. The number of aryl methyl sites for hydroxylation is 2. The molecule has 4 rings (SSSR count). The maximum Gasteiger partial charge on any atom is 0.519 e. The minimum absolute atomic E-state index is 0.0618. The first kappa shape index (κ1) is 39.5. The van der Waals surface area contributed by atoms with Crippen LogP contribution in [-0.2, 0) is 31.8 Å². The summed E-state index contributed by atoms with van der Waals surface area (Å²) in [5.74, 6) is 0. The van der Waals surface area contributed by atoms with E-state index in [1.54, 1.807) is 41.5 Å². The molecule has 3 N–H and O–H groups in total. The van der Waals surface area contributed by atoms with E-state index in [4.69, 9.17) is 19.9 Å². The Hall–Kier alpha value is -2.63. The van der Waals surface area contributed by atoms with E-state index >= 15 is 0 Å². The van der Waals surface area contributed by atoms with Crippen molar-refractivity contribution in [2.24, 2.45) is 5.73 Å². The zero-order chi connectivity index (χ0) is 34.9. The van der Waals surface area contributed by atoms with Gasteiger partial charge >= 0.3 is 18.4 Å². The topological polar surface area (TPSA) is 126 Å². The van der Waals surface area contributed by atoms with Gasteiger partial charge in [-0.05, 0) is 147 Å². The molecular formula is C35H50Br2N2O7. The van der Waals surface area contributed by atoms with E-state index in [1.165, 1.54) is 35.1 Å². The van der Waals surface area contributed by atoms with Gasteiger partial charge in [-0.25, -0.2) is 14.4 Å². The molecule has 46 heavy (non-hydrogen) atoms. The van der Waals surface area contributed by atoms with Crippen LogP contribution in [0.15, 0.2) is 45.3 Å². The molecule has 2 aliphatic carbocycles. The van der Waals surface area contributed by atoms with Gasteiger partial charge in [0.15, 0.2) is 0 Å². The predicted molar refractivity (Wildman–Crippen MR) is 187 cm³/mol. The number of benzene rings is 2. The minimum atomic E-state index is -1.06. The fraction of sp³-hybridized carbons (Fsp3) is 0.571. The number of hydrogen-bond acceptors (Lipinski definition) is 8. The van der Waals surface area contributed by atoms with Gasteiger partial charge in [0.05, 0.1) is 6.04 Å². The highest BCUT2D eigenvalue weighted by atomic mass is 79.9. The number of hydrogen-bond donors (Lipinski definition) is 2. The molecular weight excluding hydrogens is 720 g/mol. The van der Waals surface area contributed by atoms with Crippen molar-refractivity contribution in [1.29, 1.82) is 0 Å². The molecule has 0 saturated carbocycles. The average Bonchev–Trinajstić information content (AvgIpc) is 2.86. The van der Waals surface area contributed by atoms with Gasteiger partial charge in [-0.2, -0.15) is 0 Å². The summed E-state index contributed by atoms with van der Waals surface area (Å²) in [5, 5.41) is 2.97. The number of halogens is 2. The van der Waals surface area contributed by atoms with Crippen molar-refractivity contribution in [3.63, 3.8) is 0 Å². The van der Waals surface area contributed by atoms with Crippen molar-refractivity contribution in [2.45, 2.75) is 130 Å². The molecule has 0 spiro atoms. The third-order valence-electron chi connectivity index (χ3n) is 6.52. The van der Waals surface area contributed by atoms with Crippen LogP contribution in [0.5, 0.6) is 0 Å². The number of nitrogens with two attached hydrogens (primary N) is 1. The van der Waals surface area contributed by atoms with E-state index < -0.39 is 29.1 Å². The molecule has 2 unspecified atom stereocenters. The van der Waals surface area contributed by atoms with Gasteiger partial charge in [0.2, 0.25) is 0 Å². The first-order chi connectivity index (χ1) is 21.1. The maximum absolute atomic E-state index is 11.9. The molecule has 1 amide bonds. The molecule has 0 bridgehead atoms. The number of nitrogens with one attached hydrogen (secondary N) is 1. The highest BCUT2D eigenvalue weighted by molar-refractivity contribution is 9.10. The van der Waals surface area contributed by atoms with Crippen LogP contribution in [-0.4, -0.2) is 35.2 Å². The molecule has 0 fully saturated rings. The van der Waals surface area contributed by atoms with Crippen molar-refractivity contribution in [3.05, 3.63) is 67.6 Å². The molecule has 2 aliphatic rings. The fourth-order valence-corrected chi connectivity index (χ4v) is 5.63. The maximum atomic E-state index is 11.9. The van der Waals surface area contributed by atoms with E-state index in [9.17, 15) is 14.4 Å². The van der Waals surface area contributed by atoms with Crippen molar-refractivity contribution in [1.82, 2.24) is 5.32 Å². The second-order valence-corrected chi connectivity index (χ2v) is 16.1. The smallest absolute Gasteiger partial charge is 0.444 e. The number of fused-ring (bicyclic) bond motifs is 2. The summed E-state index contributed by atoms with van der Waals surface area (Å²) in [5.41, 5.74) is 9.41. The standard InChI is InChI=1S/C15H20BrNO2.C10H12BrN.C10H18O5/c1-15(2,3)19-14(18)17-13-6-4-5-10-9-11(16)7-8-12(10)13;11-8-4-5-9-7(6-8)2-1-3-10(9)12;1-9(2,3)14-7(11)13-8(12)15-10(4,5)6/h7-9,13H,4-6H2,1-3H3,(H,17,18);4-6,10H,1-3,12H2;1-6H3. The average molecular weight is 771 g/mol. The van der Waals surface area contributed by atoms with Gasteiger partial charge in [-0.15, -0.1) is 0 Å². The summed E-state index contributed by atoms with van der Waals surface area (Å²) in [7, 11) is 0. The summed E-state index contributed by atoms with van der Waals surface area (Å²) in [6, 6.07) is 13.0. The van der Waals surface area contributed by atoms with Gasteiger partial charge in [0.1, 0.15) is 16.8 Å². The molecule has 0 heterocycles. The third kappa shape index (κ3) is 15.3. The molecule has 0 aliphatic heterocycles. The second-order valence-electron chi connectivity index (χ2n) is 14.3. The van der Waals surface area contributed by atoms with Gasteiger partial charge in [0, 0.05) is 15.0 Å². The highest BCUT2D eigenvalue weighted by Gasteiger charge is 2.26. The Bertz CT molecular complexity index is 1320. The van der Waals surface area contributed by atoms with E-state index in [0.29, 0.717) is 0 Å². The van der Waals surface area contributed by atoms with Gasteiger partial charge in [0.25, 0.3) is 0 Å². The molecule has 9 nitrogen and oxygen atoms in total. The first-order valence-corrected chi connectivity index (χ1v) is 17.2. The van der Waals surface area contributed by atoms with Crippen LogP contribution in [0.3, 0.4) is 0 Å². The van der Waals surface area contributed by atoms with Gasteiger partial charge in [-0.1, -0.05) is 44.0 Å². The fourth-order valence-electron chi connectivity index (χ4n) is 4.81. The van der Waals surface area contributed by atoms with Crippen LogP contribution in [0, 0.1) is 0 Å². The molecule has 256 valence electrons. The lowest BCUT2D eigenvalue weighted by Gasteiger charge is -2.28.